The summed E-state index contributed by atoms with van der Waals surface area (Å²) in [5, 5.41) is 28.6. The highest BCUT2D eigenvalue weighted by Gasteiger charge is 2.26. The summed E-state index contributed by atoms with van der Waals surface area (Å²) >= 11 is 6.71. The Labute approximate surface area is 119 Å². The lowest BCUT2D eigenvalue weighted by atomic mass is 9.99. The lowest BCUT2D eigenvalue weighted by Gasteiger charge is -2.20. The van der Waals surface area contributed by atoms with Crippen LogP contribution in [0.2, 0.25) is 5.02 Å². The van der Waals surface area contributed by atoms with Gasteiger partial charge >= 0.3 is 5.97 Å². The van der Waals surface area contributed by atoms with Crippen LogP contribution < -0.4 is 0 Å². The van der Waals surface area contributed by atoms with Crippen molar-refractivity contribution in [3.63, 3.8) is 0 Å². The number of thioether (sulfide) groups is 1. The van der Waals surface area contributed by atoms with Crippen LogP contribution in [-0.4, -0.2) is 38.3 Å². The molecule has 0 amide bonds. The fraction of sp³-hybridized carbons (Fsp3) is 0.333. The minimum Gasteiger partial charge on any atom is -0.478 e. The number of carbonyl (C=O) groups excluding carboxylic acids is 1. The fourth-order valence-corrected chi connectivity index (χ4v) is 2.38. The standard InChI is InChI=1S/C12H13ClO5S/c1-6(14)19-5-9(15)11(16)10-7(12(17)18)3-2-4-8(10)13/h2-4,9,11,15-16H,5H2,1H3,(H,17,18). The van der Waals surface area contributed by atoms with Crippen LogP contribution in [0.25, 0.3) is 0 Å². The highest BCUT2D eigenvalue weighted by atomic mass is 35.5. The van der Waals surface area contributed by atoms with E-state index in [1.807, 2.05) is 0 Å². The van der Waals surface area contributed by atoms with Crippen LogP contribution in [0.5, 0.6) is 0 Å². The number of aliphatic hydroxyl groups excluding tert-OH is 2. The third kappa shape index (κ3) is 4.21. The average molecular weight is 305 g/mol. The van der Waals surface area contributed by atoms with Crippen molar-refractivity contribution in [1.29, 1.82) is 0 Å². The van der Waals surface area contributed by atoms with E-state index in [0.717, 1.165) is 11.8 Å². The zero-order valence-electron chi connectivity index (χ0n) is 10.0. The first-order valence-electron chi connectivity index (χ1n) is 5.35. The van der Waals surface area contributed by atoms with Gasteiger partial charge in [-0.3, -0.25) is 4.79 Å². The lowest BCUT2D eigenvalue weighted by Crippen LogP contribution is -2.23. The maximum Gasteiger partial charge on any atom is 0.336 e. The van der Waals surface area contributed by atoms with Crippen LogP contribution in [0.3, 0.4) is 0 Å². The second-order valence-electron chi connectivity index (χ2n) is 3.82. The van der Waals surface area contributed by atoms with Gasteiger partial charge in [0.1, 0.15) is 6.10 Å². The highest BCUT2D eigenvalue weighted by molar-refractivity contribution is 8.13. The SMILES string of the molecule is CC(=O)SCC(O)C(O)c1c(Cl)cccc1C(=O)O. The van der Waals surface area contributed by atoms with Crippen LogP contribution in [-0.2, 0) is 4.79 Å². The van der Waals surface area contributed by atoms with E-state index in [4.69, 9.17) is 16.7 Å². The van der Waals surface area contributed by atoms with E-state index < -0.39 is 18.2 Å². The number of rotatable bonds is 5. The molecule has 2 atom stereocenters. The van der Waals surface area contributed by atoms with Gasteiger partial charge in [-0.05, 0) is 12.1 Å². The topological polar surface area (TPSA) is 94.8 Å². The number of carboxylic acids is 1. The lowest BCUT2D eigenvalue weighted by molar-refractivity contribution is -0.109. The Morgan fingerprint density at radius 1 is 1.37 bits per heavy atom. The number of hydrogen-bond donors (Lipinski definition) is 3. The summed E-state index contributed by atoms with van der Waals surface area (Å²) in [6.07, 6.45) is -2.75. The number of carbonyl (C=O) groups is 2. The number of benzene rings is 1. The number of aromatic carboxylic acids is 1. The summed E-state index contributed by atoms with van der Waals surface area (Å²) in [5.41, 5.74) is -0.222. The van der Waals surface area contributed by atoms with Gasteiger partial charge in [0.15, 0.2) is 5.12 Å². The molecule has 3 N–H and O–H groups in total. The molecule has 0 spiro atoms. The van der Waals surface area contributed by atoms with Crippen molar-refractivity contribution in [2.24, 2.45) is 0 Å². The van der Waals surface area contributed by atoms with Crippen molar-refractivity contribution in [2.45, 2.75) is 19.1 Å². The molecule has 0 heterocycles. The Morgan fingerprint density at radius 3 is 2.53 bits per heavy atom. The van der Waals surface area contributed by atoms with Gasteiger partial charge in [0.2, 0.25) is 0 Å². The van der Waals surface area contributed by atoms with Gasteiger partial charge in [0.05, 0.1) is 11.7 Å². The zero-order valence-corrected chi connectivity index (χ0v) is 11.6. The van der Waals surface area contributed by atoms with Crippen LogP contribution in [0.1, 0.15) is 28.9 Å². The van der Waals surface area contributed by atoms with E-state index in [1.165, 1.54) is 25.1 Å². The van der Waals surface area contributed by atoms with Gasteiger partial charge in [-0.2, -0.15) is 0 Å². The van der Waals surface area contributed by atoms with E-state index in [-0.39, 0.29) is 27.0 Å². The molecular weight excluding hydrogens is 292 g/mol. The summed E-state index contributed by atoms with van der Waals surface area (Å²) in [6.45, 7) is 1.34. The first-order valence-corrected chi connectivity index (χ1v) is 6.72. The van der Waals surface area contributed by atoms with Crippen LogP contribution in [0.15, 0.2) is 18.2 Å². The van der Waals surface area contributed by atoms with Gasteiger partial charge in [-0.15, -0.1) is 0 Å². The summed E-state index contributed by atoms with van der Waals surface area (Å²) < 4.78 is 0. The second kappa shape index (κ2) is 6.91. The first kappa shape index (κ1) is 16.0. The normalized spacial score (nSPS) is 13.9. The smallest absolute Gasteiger partial charge is 0.336 e. The van der Waals surface area contributed by atoms with Gasteiger partial charge in [-0.1, -0.05) is 29.4 Å². The maximum atomic E-state index is 11.1. The molecular formula is C12H13ClO5S. The molecule has 0 aromatic heterocycles. The Kier molecular flexibility index (Phi) is 5.81. The van der Waals surface area contributed by atoms with E-state index in [0.29, 0.717) is 0 Å². The molecule has 0 aliphatic heterocycles. The first-order chi connectivity index (χ1) is 8.84. The molecule has 1 rings (SSSR count). The summed E-state index contributed by atoms with van der Waals surface area (Å²) in [7, 11) is 0. The van der Waals surface area contributed by atoms with Crippen molar-refractivity contribution in [2.75, 3.05) is 5.75 Å². The predicted molar refractivity (Wildman–Crippen MR) is 72.5 cm³/mol. The number of hydrogen-bond acceptors (Lipinski definition) is 5. The minimum atomic E-state index is -1.47. The average Bonchev–Trinajstić information content (AvgIpc) is 2.34. The van der Waals surface area contributed by atoms with Crippen LogP contribution in [0, 0.1) is 0 Å². The molecule has 0 radical (unpaired) electrons. The van der Waals surface area contributed by atoms with Crippen molar-refractivity contribution in [1.82, 2.24) is 0 Å². The highest BCUT2D eigenvalue weighted by Crippen LogP contribution is 2.30. The third-order valence-electron chi connectivity index (χ3n) is 2.40. The molecule has 104 valence electrons. The van der Waals surface area contributed by atoms with E-state index in [1.54, 1.807) is 0 Å². The summed E-state index contributed by atoms with van der Waals surface area (Å²) in [5.74, 6) is -1.29. The van der Waals surface area contributed by atoms with Crippen molar-refractivity contribution in [3.05, 3.63) is 34.3 Å². The molecule has 0 aliphatic carbocycles. The van der Waals surface area contributed by atoms with Gasteiger partial charge in [0.25, 0.3) is 0 Å². The Morgan fingerprint density at radius 2 is 2.00 bits per heavy atom. The quantitative estimate of drug-likeness (QED) is 0.766. The molecule has 0 aliphatic rings. The van der Waals surface area contributed by atoms with E-state index >= 15 is 0 Å². The van der Waals surface area contributed by atoms with Gasteiger partial charge in [0, 0.05) is 23.3 Å². The Balaban J connectivity index is 3.01. The molecule has 0 bridgehead atoms. The molecule has 5 nitrogen and oxygen atoms in total. The Bertz CT molecular complexity index is 491. The molecule has 0 saturated carbocycles. The van der Waals surface area contributed by atoms with E-state index in [2.05, 4.69) is 0 Å². The number of aliphatic hydroxyl groups is 2. The van der Waals surface area contributed by atoms with Gasteiger partial charge < -0.3 is 15.3 Å². The minimum absolute atomic E-state index is 0.0409. The van der Waals surface area contributed by atoms with Gasteiger partial charge in [-0.25, -0.2) is 4.79 Å². The molecule has 0 saturated heterocycles. The molecule has 1 aromatic rings. The zero-order chi connectivity index (χ0) is 14.6. The van der Waals surface area contributed by atoms with Crippen molar-refractivity contribution < 1.29 is 24.9 Å². The summed E-state index contributed by atoms with van der Waals surface area (Å²) in [6, 6.07) is 4.16. The number of carboxylic acid groups (broad SMARTS) is 1. The van der Waals surface area contributed by atoms with E-state index in [9.17, 15) is 19.8 Å². The Hall–Kier alpha value is -1.08. The maximum absolute atomic E-state index is 11.1. The van der Waals surface area contributed by atoms with Crippen molar-refractivity contribution in [3.8, 4) is 0 Å². The molecule has 2 unspecified atom stereocenters. The third-order valence-corrected chi connectivity index (χ3v) is 3.65. The van der Waals surface area contributed by atoms with Crippen LogP contribution in [0.4, 0.5) is 0 Å². The monoisotopic (exact) mass is 304 g/mol. The largest absolute Gasteiger partial charge is 0.478 e. The molecule has 7 heteroatoms. The predicted octanol–water partition coefficient (Wildman–Crippen LogP) is 1.71. The molecule has 0 fully saturated rings. The number of halogens is 1. The molecule has 1 aromatic carbocycles. The van der Waals surface area contributed by atoms with Crippen LogP contribution >= 0.6 is 23.4 Å². The summed E-state index contributed by atoms with van der Waals surface area (Å²) in [4.78, 5) is 21.9. The second-order valence-corrected chi connectivity index (χ2v) is 5.43. The fourth-order valence-electron chi connectivity index (χ4n) is 1.51. The molecule has 19 heavy (non-hydrogen) atoms. The van der Waals surface area contributed by atoms with Crippen molar-refractivity contribution >= 4 is 34.4 Å².